The summed E-state index contributed by atoms with van der Waals surface area (Å²) in [7, 11) is 6.61. The zero-order valence-electron chi connectivity index (χ0n) is 20.7. The Morgan fingerprint density at radius 2 is 1.13 bits per heavy atom. The maximum atomic E-state index is 11.0. The topological polar surface area (TPSA) is 90.9 Å². The predicted octanol–water partition coefficient (Wildman–Crippen LogP) is 2.86. The zero-order valence-corrected chi connectivity index (χ0v) is 20.7. The number of methoxy groups -OCH3 is 4. The summed E-state index contributed by atoms with van der Waals surface area (Å²) in [4.78, 5) is 11.0. The molecule has 1 unspecified atom stereocenters. The van der Waals surface area contributed by atoms with Gasteiger partial charge in [-0.3, -0.25) is 0 Å². The van der Waals surface area contributed by atoms with Gasteiger partial charge in [-0.1, -0.05) is 19.9 Å². The van der Waals surface area contributed by atoms with Crippen molar-refractivity contribution < 1.29 is 42.7 Å². The number of unbranched alkanes of at least 4 members (excludes halogenated alkanes) is 1. The first-order valence-corrected chi connectivity index (χ1v) is 10.5. The number of rotatable bonds is 18. The van der Waals surface area contributed by atoms with Crippen molar-refractivity contribution in [2.75, 3.05) is 87.9 Å². The molecule has 0 aromatic rings. The van der Waals surface area contributed by atoms with Gasteiger partial charge in [-0.15, -0.1) is 0 Å². The third-order valence-electron chi connectivity index (χ3n) is 3.20. The average Bonchev–Trinajstić information content (AvgIpc) is 2.74. The first kappa shape index (κ1) is 34.5. The van der Waals surface area contributed by atoms with Gasteiger partial charge < -0.3 is 37.9 Å². The quantitative estimate of drug-likeness (QED) is 0.134. The Bertz CT molecular complexity index is 339. The molecule has 188 valence electrons. The highest BCUT2D eigenvalue weighted by atomic mass is 16.7. The van der Waals surface area contributed by atoms with E-state index in [0.717, 1.165) is 12.8 Å². The monoisotopic (exact) mass is 454 g/mol. The van der Waals surface area contributed by atoms with E-state index in [0.29, 0.717) is 65.0 Å². The summed E-state index contributed by atoms with van der Waals surface area (Å²) in [5.74, 6) is -0.399. The van der Waals surface area contributed by atoms with Crippen LogP contribution < -0.4 is 0 Å². The van der Waals surface area contributed by atoms with E-state index in [1.807, 2.05) is 0 Å². The van der Waals surface area contributed by atoms with Crippen molar-refractivity contribution in [1.29, 1.82) is 0 Å². The molecule has 0 radical (unpaired) electrons. The Morgan fingerprint density at radius 3 is 1.42 bits per heavy atom. The van der Waals surface area contributed by atoms with Crippen molar-refractivity contribution in [3.63, 3.8) is 0 Å². The lowest BCUT2D eigenvalue weighted by molar-refractivity contribution is -0.170. The summed E-state index contributed by atoms with van der Waals surface area (Å²) in [6.07, 6.45) is 1.58. The lowest BCUT2D eigenvalue weighted by Gasteiger charge is -2.13. The number of ether oxygens (including phenoxy) is 8. The van der Waals surface area contributed by atoms with Crippen LogP contribution in [-0.2, 0) is 42.7 Å². The van der Waals surface area contributed by atoms with Crippen LogP contribution in [0.2, 0.25) is 0 Å². The maximum absolute atomic E-state index is 11.0. The molecule has 0 bridgehead atoms. The normalized spacial score (nSPS) is 10.9. The third kappa shape index (κ3) is 36.6. The van der Waals surface area contributed by atoms with Crippen LogP contribution in [0.25, 0.3) is 0 Å². The van der Waals surface area contributed by atoms with E-state index < -0.39 is 12.3 Å². The van der Waals surface area contributed by atoms with E-state index in [2.05, 4.69) is 13.5 Å². The van der Waals surface area contributed by atoms with Crippen LogP contribution in [0.5, 0.6) is 0 Å². The van der Waals surface area contributed by atoms with Crippen LogP contribution in [0.15, 0.2) is 12.2 Å². The van der Waals surface area contributed by atoms with Gasteiger partial charge in [-0.25, -0.2) is 4.79 Å². The summed E-state index contributed by atoms with van der Waals surface area (Å²) >= 11 is 0. The van der Waals surface area contributed by atoms with Crippen molar-refractivity contribution >= 4 is 5.97 Å². The van der Waals surface area contributed by atoms with Gasteiger partial charge in [-0.2, -0.15) is 0 Å². The standard InChI is InChI=1S/C10H18O3.2C6H14O3/c1-5-6-7-12-9(4)13-10(11)8(2)3;2*1-7-3-5-9-6-4-8-2/h9H,2,5-7H2,1,3-4H3;2*3-6H2,1-2H3. The SMILES string of the molecule is C=C(C)C(=O)OC(C)OCCCC.COCCOCCOC.COCCOCCOC. The molecule has 0 aliphatic carbocycles. The molecule has 0 heterocycles. The molecule has 0 aromatic heterocycles. The Labute approximate surface area is 189 Å². The summed E-state index contributed by atoms with van der Waals surface area (Å²) < 4.78 is 39.3. The fraction of sp³-hybridized carbons (Fsp3) is 0.864. The molecule has 1 atom stereocenters. The summed E-state index contributed by atoms with van der Waals surface area (Å²) in [5.41, 5.74) is 0.394. The van der Waals surface area contributed by atoms with E-state index in [1.165, 1.54) is 0 Å². The highest BCUT2D eigenvalue weighted by molar-refractivity contribution is 5.86. The molecular formula is C22H46O9. The number of hydrogen-bond acceptors (Lipinski definition) is 9. The van der Waals surface area contributed by atoms with Gasteiger partial charge in [0.15, 0.2) is 6.29 Å². The van der Waals surface area contributed by atoms with Crippen LogP contribution in [0.1, 0.15) is 33.6 Å². The first-order chi connectivity index (χ1) is 14.9. The smallest absolute Gasteiger partial charge is 0.335 e. The van der Waals surface area contributed by atoms with Crippen LogP contribution in [0.3, 0.4) is 0 Å². The van der Waals surface area contributed by atoms with Crippen molar-refractivity contribution in [2.45, 2.75) is 39.9 Å². The number of carbonyl (C=O) groups is 1. The molecule has 9 nitrogen and oxygen atoms in total. The van der Waals surface area contributed by atoms with Crippen molar-refractivity contribution in [1.82, 2.24) is 0 Å². The highest BCUT2D eigenvalue weighted by Crippen LogP contribution is 2.01. The van der Waals surface area contributed by atoms with E-state index >= 15 is 0 Å². The van der Waals surface area contributed by atoms with E-state index in [-0.39, 0.29) is 0 Å². The van der Waals surface area contributed by atoms with Gasteiger partial charge in [0, 0.05) is 34.0 Å². The van der Waals surface area contributed by atoms with Crippen LogP contribution in [0, 0.1) is 0 Å². The average molecular weight is 455 g/mol. The molecule has 9 heteroatoms. The van der Waals surface area contributed by atoms with Gasteiger partial charge >= 0.3 is 5.97 Å². The first-order valence-electron chi connectivity index (χ1n) is 10.5. The Hall–Kier alpha value is -1.07. The molecule has 31 heavy (non-hydrogen) atoms. The summed E-state index contributed by atoms with van der Waals surface area (Å²) in [6, 6.07) is 0. The molecule has 0 rings (SSSR count). The minimum absolute atomic E-state index is 0.394. The second kappa shape index (κ2) is 31.1. The molecule has 0 fully saturated rings. The minimum atomic E-state index is -0.476. The molecule has 0 aliphatic heterocycles. The minimum Gasteiger partial charge on any atom is -0.433 e. The van der Waals surface area contributed by atoms with Crippen molar-refractivity contribution in [3.8, 4) is 0 Å². The van der Waals surface area contributed by atoms with Crippen molar-refractivity contribution in [3.05, 3.63) is 12.2 Å². The summed E-state index contributed by atoms with van der Waals surface area (Å²) in [6.45, 7) is 14.7. The van der Waals surface area contributed by atoms with Gasteiger partial charge in [0.1, 0.15) is 0 Å². The molecule has 0 saturated heterocycles. The molecule has 0 spiro atoms. The van der Waals surface area contributed by atoms with Gasteiger partial charge in [0.2, 0.25) is 0 Å². The molecule has 0 saturated carbocycles. The fourth-order valence-corrected chi connectivity index (χ4v) is 1.45. The predicted molar refractivity (Wildman–Crippen MR) is 120 cm³/mol. The molecule has 0 aliphatic rings. The number of carbonyl (C=O) groups excluding carboxylic acids is 1. The van der Waals surface area contributed by atoms with Crippen LogP contribution >= 0.6 is 0 Å². The lowest BCUT2D eigenvalue weighted by Crippen LogP contribution is -2.18. The fourth-order valence-electron chi connectivity index (χ4n) is 1.45. The molecule has 0 aromatic carbocycles. The van der Waals surface area contributed by atoms with E-state index in [9.17, 15) is 4.79 Å². The highest BCUT2D eigenvalue weighted by Gasteiger charge is 2.09. The molecule has 0 amide bonds. The van der Waals surface area contributed by atoms with Gasteiger partial charge in [-0.05, 0) is 20.3 Å². The van der Waals surface area contributed by atoms with Gasteiger partial charge in [0.05, 0.1) is 59.5 Å². The largest absolute Gasteiger partial charge is 0.433 e. The van der Waals surface area contributed by atoms with E-state index in [4.69, 9.17) is 37.9 Å². The Kier molecular flexibility index (Phi) is 34.7. The molecular weight excluding hydrogens is 408 g/mol. The second-order valence-corrected chi connectivity index (χ2v) is 6.17. The second-order valence-electron chi connectivity index (χ2n) is 6.17. The third-order valence-corrected chi connectivity index (χ3v) is 3.20. The molecule has 0 N–H and O–H groups in total. The zero-order chi connectivity index (χ0) is 24.2. The Balaban J connectivity index is -0.000000390. The number of hydrogen-bond donors (Lipinski definition) is 0. The van der Waals surface area contributed by atoms with E-state index in [1.54, 1.807) is 42.3 Å². The lowest BCUT2D eigenvalue weighted by atomic mass is 10.3. The number of esters is 1. The van der Waals surface area contributed by atoms with Crippen molar-refractivity contribution in [2.24, 2.45) is 0 Å². The van der Waals surface area contributed by atoms with Crippen LogP contribution in [-0.4, -0.2) is 100 Å². The Morgan fingerprint density at radius 1 is 0.742 bits per heavy atom. The van der Waals surface area contributed by atoms with Gasteiger partial charge in [0.25, 0.3) is 0 Å². The van der Waals surface area contributed by atoms with Crippen LogP contribution in [0.4, 0.5) is 0 Å². The maximum Gasteiger partial charge on any atom is 0.335 e. The summed E-state index contributed by atoms with van der Waals surface area (Å²) in [5, 5.41) is 0.